The third-order valence-electron chi connectivity index (χ3n) is 3.02. The summed E-state index contributed by atoms with van der Waals surface area (Å²) in [6.07, 6.45) is 0. The minimum absolute atomic E-state index is 0.140. The van der Waals surface area contributed by atoms with Crippen LogP contribution in [0.3, 0.4) is 0 Å². The number of nitrogens with one attached hydrogen (secondary N) is 1. The van der Waals surface area contributed by atoms with Crippen molar-refractivity contribution in [2.75, 3.05) is 0 Å². The Morgan fingerprint density at radius 2 is 2.00 bits per heavy atom. The van der Waals surface area contributed by atoms with Crippen molar-refractivity contribution >= 4 is 28.8 Å². The molecule has 0 unspecified atom stereocenters. The number of carbonyl (C=O) groups excluding carboxylic acids is 1. The lowest BCUT2D eigenvalue weighted by atomic mass is 10.1. The Balaban J connectivity index is 1.70. The van der Waals surface area contributed by atoms with E-state index in [4.69, 9.17) is 16.0 Å². The summed E-state index contributed by atoms with van der Waals surface area (Å²) in [5.41, 5.74) is 0.326. The van der Waals surface area contributed by atoms with Gasteiger partial charge in [-0.15, -0.1) is 11.3 Å². The SMILES string of the molecule is O=C(NCc1ccc(Cl)s1)c1ccc(-c2ccccc2F)o1. The van der Waals surface area contributed by atoms with Gasteiger partial charge < -0.3 is 9.73 Å². The molecular weight excluding hydrogens is 325 g/mol. The van der Waals surface area contributed by atoms with Crippen molar-refractivity contribution in [1.29, 1.82) is 0 Å². The van der Waals surface area contributed by atoms with E-state index in [1.54, 1.807) is 30.3 Å². The molecule has 2 aromatic heterocycles. The van der Waals surface area contributed by atoms with Crippen LogP contribution in [0, 0.1) is 5.82 Å². The van der Waals surface area contributed by atoms with E-state index in [1.165, 1.54) is 23.5 Å². The maximum absolute atomic E-state index is 13.7. The van der Waals surface area contributed by atoms with Crippen molar-refractivity contribution in [3.8, 4) is 11.3 Å². The summed E-state index contributed by atoms with van der Waals surface area (Å²) in [5, 5.41) is 2.73. The Morgan fingerprint density at radius 1 is 1.18 bits per heavy atom. The standard InChI is InChI=1S/C16H11ClFNO2S/c17-15-8-5-10(22-15)9-19-16(20)14-7-6-13(21-14)11-3-1-2-4-12(11)18/h1-8H,9H2,(H,19,20). The smallest absolute Gasteiger partial charge is 0.287 e. The first-order chi connectivity index (χ1) is 10.6. The van der Waals surface area contributed by atoms with E-state index in [0.717, 1.165) is 4.88 Å². The number of thiophene rings is 1. The summed E-state index contributed by atoms with van der Waals surface area (Å²) in [6, 6.07) is 13.0. The number of rotatable bonds is 4. The third-order valence-corrected chi connectivity index (χ3v) is 4.25. The molecule has 0 saturated carbocycles. The number of carbonyl (C=O) groups is 1. The van der Waals surface area contributed by atoms with Crippen LogP contribution in [0.25, 0.3) is 11.3 Å². The molecule has 3 aromatic rings. The summed E-state index contributed by atoms with van der Waals surface area (Å²) in [6.45, 7) is 0.367. The van der Waals surface area contributed by atoms with Crippen molar-refractivity contribution in [2.24, 2.45) is 0 Å². The highest BCUT2D eigenvalue weighted by Gasteiger charge is 2.14. The zero-order valence-electron chi connectivity index (χ0n) is 11.3. The van der Waals surface area contributed by atoms with Crippen LogP contribution in [0.15, 0.2) is 52.9 Å². The Hall–Kier alpha value is -2.11. The molecule has 0 aliphatic rings. The quantitative estimate of drug-likeness (QED) is 0.749. The summed E-state index contributed by atoms with van der Waals surface area (Å²) in [5.74, 6) is -0.285. The fraction of sp³-hybridized carbons (Fsp3) is 0.0625. The van der Waals surface area contributed by atoms with Crippen LogP contribution in [0.5, 0.6) is 0 Å². The van der Waals surface area contributed by atoms with Gasteiger partial charge in [0.1, 0.15) is 11.6 Å². The topological polar surface area (TPSA) is 42.2 Å². The monoisotopic (exact) mass is 335 g/mol. The van der Waals surface area contributed by atoms with E-state index in [2.05, 4.69) is 5.32 Å². The molecule has 1 aromatic carbocycles. The molecule has 0 spiro atoms. The van der Waals surface area contributed by atoms with Gasteiger partial charge in [0, 0.05) is 4.88 Å². The molecule has 3 rings (SSSR count). The molecule has 0 bridgehead atoms. The third kappa shape index (κ3) is 3.21. The van der Waals surface area contributed by atoms with Gasteiger partial charge in [-0.05, 0) is 36.4 Å². The van der Waals surface area contributed by atoms with E-state index in [-0.39, 0.29) is 11.7 Å². The van der Waals surface area contributed by atoms with Crippen LogP contribution in [0.4, 0.5) is 4.39 Å². The van der Waals surface area contributed by atoms with Gasteiger partial charge in [-0.25, -0.2) is 4.39 Å². The van der Waals surface area contributed by atoms with E-state index in [0.29, 0.717) is 22.2 Å². The molecule has 0 radical (unpaired) electrons. The second kappa shape index (κ2) is 6.34. The molecule has 22 heavy (non-hydrogen) atoms. The number of halogens is 2. The second-order valence-corrected chi connectivity index (χ2v) is 6.33. The van der Waals surface area contributed by atoms with Crippen LogP contribution in [-0.2, 0) is 6.54 Å². The minimum atomic E-state index is -0.392. The van der Waals surface area contributed by atoms with Crippen LogP contribution in [0.2, 0.25) is 4.34 Å². The normalized spacial score (nSPS) is 10.6. The summed E-state index contributed by atoms with van der Waals surface area (Å²) >= 11 is 7.23. The number of amides is 1. The van der Waals surface area contributed by atoms with Gasteiger partial charge in [0.15, 0.2) is 5.76 Å². The van der Waals surface area contributed by atoms with Gasteiger partial charge in [-0.2, -0.15) is 0 Å². The van der Waals surface area contributed by atoms with E-state index in [9.17, 15) is 9.18 Å². The molecule has 2 heterocycles. The maximum Gasteiger partial charge on any atom is 0.287 e. The van der Waals surface area contributed by atoms with Crippen LogP contribution < -0.4 is 5.32 Å². The molecule has 6 heteroatoms. The first-order valence-corrected chi connectivity index (χ1v) is 7.70. The van der Waals surface area contributed by atoms with Crippen molar-refractivity contribution < 1.29 is 13.6 Å². The highest BCUT2D eigenvalue weighted by molar-refractivity contribution is 7.16. The molecule has 3 nitrogen and oxygen atoms in total. The minimum Gasteiger partial charge on any atom is -0.451 e. The second-order valence-electron chi connectivity index (χ2n) is 4.53. The molecule has 0 fully saturated rings. The molecule has 1 amide bonds. The first-order valence-electron chi connectivity index (χ1n) is 6.50. The Morgan fingerprint density at radius 3 is 2.73 bits per heavy atom. The number of benzene rings is 1. The lowest BCUT2D eigenvalue weighted by molar-refractivity contribution is 0.0924. The van der Waals surface area contributed by atoms with Gasteiger partial charge >= 0.3 is 0 Å². The number of hydrogen-bond acceptors (Lipinski definition) is 3. The Bertz CT molecular complexity index is 812. The summed E-state index contributed by atoms with van der Waals surface area (Å²) in [7, 11) is 0. The molecule has 112 valence electrons. The highest BCUT2D eigenvalue weighted by atomic mass is 35.5. The largest absolute Gasteiger partial charge is 0.451 e. The number of furan rings is 1. The van der Waals surface area contributed by atoms with E-state index in [1.807, 2.05) is 6.07 Å². The fourth-order valence-electron chi connectivity index (χ4n) is 1.97. The van der Waals surface area contributed by atoms with E-state index < -0.39 is 5.82 Å². The fourth-order valence-corrected chi connectivity index (χ4v) is 2.99. The van der Waals surface area contributed by atoms with Crippen LogP contribution in [0.1, 0.15) is 15.4 Å². The Labute approximate surface area is 135 Å². The van der Waals surface area contributed by atoms with Crippen molar-refractivity contribution in [2.45, 2.75) is 6.54 Å². The molecule has 0 atom stereocenters. The molecule has 0 aliphatic carbocycles. The first kappa shape index (κ1) is 14.8. The lowest BCUT2D eigenvalue weighted by Crippen LogP contribution is -2.21. The average molecular weight is 336 g/mol. The zero-order valence-corrected chi connectivity index (χ0v) is 12.9. The van der Waals surface area contributed by atoms with Gasteiger partial charge in [-0.1, -0.05) is 23.7 Å². The van der Waals surface area contributed by atoms with Crippen molar-refractivity contribution in [1.82, 2.24) is 5.32 Å². The van der Waals surface area contributed by atoms with Gasteiger partial charge in [0.25, 0.3) is 5.91 Å². The molecule has 1 N–H and O–H groups in total. The van der Waals surface area contributed by atoms with E-state index >= 15 is 0 Å². The zero-order chi connectivity index (χ0) is 15.5. The van der Waals surface area contributed by atoms with Crippen LogP contribution >= 0.6 is 22.9 Å². The van der Waals surface area contributed by atoms with Crippen LogP contribution in [-0.4, -0.2) is 5.91 Å². The van der Waals surface area contributed by atoms with Gasteiger partial charge in [0.2, 0.25) is 0 Å². The molecule has 0 aliphatic heterocycles. The Kier molecular flexibility index (Phi) is 4.27. The average Bonchev–Trinajstić information content (AvgIpc) is 3.14. The summed E-state index contributed by atoms with van der Waals surface area (Å²) in [4.78, 5) is 13.0. The maximum atomic E-state index is 13.7. The summed E-state index contributed by atoms with van der Waals surface area (Å²) < 4.78 is 19.8. The van der Waals surface area contributed by atoms with Crippen molar-refractivity contribution in [3.05, 3.63) is 69.3 Å². The van der Waals surface area contributed by atoms with Gasteiger partial charge in [0.05, 0.1) is 16.4 Å². The highest BCUT2D eigenvalue weighted by Crippen LogP contribution is 2.25. The lowest BCUT2D eigenvalue weighted by Gasteiger charge is -2.01. The van der Waals surface area contributed by atoms with Crippen molar-refractivity contribution in [3.63, 3.8) is 0 Å². The van der Waals surface area contributed by atoms with Gasteiger partial charge in [-0.3, -0.25) is 4.79 Å². The molecule has 0 saturated heterocycles. The number of hydrogen-bond donors (Lipinski definition) is 1. The predicted molar refractivity (Wildman–Crippen MR) is 84.6 cm³/mol. The predicted octanol–water partition coefficient (Wildman–Crippen LogP) is 4.73. The molecular formula is C16H11ClFNO2S.